The Kier molecular flexibility index (Phi) is 2.54. The van der Waals surface area contributed by atoms with E-state index in [1.807, 2.05) is 0 Å². The fourth-order valence-corrected chi connectivity index (χ4v) is 1.93. The summed E-state index contributed by atoms with van der Waals surface area (Å²) in [7, 11) is 0. The number of nitrogens with one attached hydrogen (secondary N) is 1. The number of carbonyl (C=O) groups excluding carboxylic acids is 1. The van der Waals surface area contributed by atoms with E-state index in [0.717, 1.165) is 6.42 Å². The number of aliphatic carboxylic acids is 1. The highest BCUT2D eigenvalue weighted by Gasteiger charge is 2.37. The number of hydrogen-bond acceptors (Lipinski definition) is 2. The number of rotatable bonds is 2. The van der Waals surface area contributed by atoms with Gasteiger partial charge in [-0.25, -0.2) is 4.79 Å². The van der Waals surface area contributed by atoms with Crippen molar-refractivity contribution in [2.24, 2.45) is 11.8 Å². The van der Waals surface area contributed by atoms with E-state index in [-0.39, 0.29) is 11.9 Å². The summed E-state index contributed by atoms with van der Waals surface area (Å²) in [5.41, 5.74) is 0. The molecule has 2 rings (SSSR count). The SMILES string of the molecule is CC1CCC1NC(=O)N1CC(C(=O)O)C1. The molecule has 1 saturated heterocycles. The highest BCUT2D eigenvalue weighted by molar-refractivity contribution is 5.80. The molecule has 2 unspecified atom stereocenters. The van der Waals surface area contributed by atoms with E-state index in [4.69, 9.17) is 5.11 Å². The molecule has 2 atom stereocenters. The van der Waals surface area contributed by atoms with Crippen molar-refractivity contribution in [3.05, 3.63) is 0 Å². The van der Waals surface area contributed by atoms with Gasteiger partial charge in [-0.05, 0) is 18.8 Å². The van der Waals surface area contributed by atoms with E-state index in [9.17, 15) is 9.59 Å². The molecule has 1 aliphatic heterocycles. The maximum absolute atomic E-state index is 11.6. The Hall–Kier alpha value is -1.26. The van der Waals surface area contributed by atoms with Crippen molar-refractivity contribution in [3.63, 3.8) is 0 Å². The molecule has 0 spiro atoms. The van der Waals surface area contributed by atoms with Crippen molar-refractivity contribution in [3.8, 4) is 0 Å². The Labute approximate surface area is 88.4 Å². The van der Waals surface area contributed by atoms with Crippen LogP contribution in [0.15, 0.2) is 0 Å². The lowest BCUT2D eigenvalue weighted by atomic mass is 9.81. The summed E-state index contributed by atoms with van der Waals surface area (Å²) < 4.78 is 0. The summed E-state index contributed by atoms with van der Waals surface area (Å²) in [6.07, 6.45) is 2.21. The third-order valence-corrected chi connectivity index (χ3v) is 3.45. The average molecular weight is 212 g/mol. The topological polar surface area (TPSA) is 69.6 Å². The van der Waals surface area contributed by atoms with E-state index in [1.54, 1.807) is 4.90 Å². The van der Waals surface area contributed by atoms with Crippen LogP contribution in [0.3, 0.4) is 0 Å². The van der Waals surface area contributed by atoms with Gasteiger partial charge in [0.2, 0.25) is 0 Å². The lowest BCUT2D eigenvalue weighted by molar-refractivity contribution is -0.146. The van der Waals surface area contributed by atoms with Crippen LogP contribution in [0.5, 0.6) is 0 Å². The highest BCUT2D eigenvalue weighted by Crippen LogP contribution is 2.27. The molecule has 5 nitrogen and oxygen atoms in total. The molecule has 1 heterocycles. The lowest BCUT2D eigenvalue weighted by Crippen LogP contribution is -2.59. The molecule has 2 fully saturated rings. The van der Waals surface area contributed by atoms with Crippen molar-refractivity contribution in [1.29, 1.82) is 0 Å². The standard InChI is InChI=1S/C10H16N2O3/c1-6-2-3-8(6)11-10(15)12-4-7(5-12)9(13)14/h6-8H,2-5H2,1H3,(H,11,15)(H,13,14). The fourth-order valence-electron chi connectivity index (χ4n) is 1.93. The number of urea groups is 1. The highest BCUT2D eigenvalue weighted by atomic mass is 16.4. The molecule has 0 aromatic heterocycles. The number of carboxylic acid groups (broad SMARTS) is 1. The molecule has 0 bridgehead atoms. The van der Waals surface area contributed by atoms with Crippen LogP contribution in [0.25, 0.3) is 0 Å². The summed E-state index contributed by atoms with van der Waals surface area (Å²) >= 11 is 0. The largest absolute Gasteiger partial charge is 0.481 e. The number of likely N-dealkylation sites (tertiary alicyclic amines) is 1. The van der Waals surface area contributed by atoms with Gasteiger partial charge < -0.3 is 15.3 Å². The Morgan fingerprint density at radius 3 is 2.40 bits per heavy atom. The smallest absolute Gasteiger partial charge is 0.317 e. The van der Waals surface area contributed by atoms with Crippen LogP contribution in [0.2, 0.25) is 0 Å². The van der Waals surface area contributed by atoms with Gasteiger partial charge in [0, 0.05) is 19.1 Å². The minimum absolute atomic E-state index is 0.107. The summed E-state index contributed by atoms with van der Waals surface area (Å²) in [5.74, 6) is -0.615. The van der Waals surface area contributed by atoms with E-state index >= 15 is 0 Å². The first kappa shape index (κ1) is 10.3. The molecule has 2 amide bonds. The molecule has 0 aromatic rings. The zero-order chi connectivity index (χ0) is 11.0. The zero-order valence-corrected chi connectivity index (χ0v) is 8.77. The van der Waals surface area contributed by atoms with Gasteiger partial charge in [-0.1, -0.05) is 6.92 Å². The number of carbonyl (C=O) groups is 2. The third kappa shape index (κ3) is 1.91. The first-order chi connectivity index (χ1) is 7.08. The minimum Gasteiger partial charge on any atom is -0.481 e. The summed E-state index contributed by atoms with van der Waals surface area (Å²) in [6, 6.07) is 0.186. The van der Waals surface area contributed by atoms with Gasteiger partial charge >= 0.3 is 12.0 Å². The average Bonchev–Trinajstić information content (AvgIpc) is 2.08. The molecule has 1 aliphatic carbocycles. The first-order valence-corrected chi connectivity index (χ1v) is 5.36. The van der Waals surface area contributed by atoms with E-state index < -0.39 is 5.97 Å². The second kappa shape index (κ2) is 3.72. The van der Waals surface area contributed by atoms with Crippen LogP contribution in [-0.2, 0) is 4.79 Å². The zero-order valence-electron chi connectivity index (χ0n) is 8.77. The van der Waals surface area contributed by atoms with Gasteiger partial charge in [-0.2, -0.15) is 0 Å². The number of amides is 2. The van der Waals surface area contributed by atoms with Crippen molar-refractivity contribution < 1.29 is 14.7 Å². The van der Waals surface area contributed by atoms with Crippen LogP contribution in [0.1, 0.15) is 19.8 Å². The number of hydrogen-bond donors (Lipinski definition) is 2. The fraction of sp³-hybridized carbons (Fsp3) is 0.800. The van der Waals surface area contributed by atoms with Crippen molar-refractivity contribution in [2.45, 2.75) is 25.8 Å². The van der Waals surface area contributed by atoms with Crippen LogP contribution >= 0.6 is 0 Å². The van der Waals surface area contributed by atoms with Crippen LogP contribution in [0, 0.1) is 11.8 Å². The van der Waals surface area contributed by atoms with Gasteiger partial charge in [-0.3, -0.25) is 4.79 Å². The minimum atomic E-state index is -0.809. The number of nitrogens with zero attached hydrogens (tertiary/aromatic N) is 1. The molecular weight excluding hydrogens is 196 g/mol. The molecule has 1 saturated carbocycles. The molecule has 5 heteroatoms. The van der Waals surface area contributed by atoms with Crippen LogP contribution in [0.4, 0.5) is 4.79 Å². The van der Waals surface area contributed by atoms with E-state index in [0.29, 0.717) is 25.0 Å². The summed E-state index contributed by atoms with van der Waals surface area (Å²) in [4.78, 5) is 23.7. The van der Waals surface area contributed by atoms with Gasteiger partial charge in [0.15, 0.2) is 0 Å². The van der Waals surface area contributed by atoms with Gasteiger partial charge in [0.25, 0.3) is 0 Å². The Morgan fingerprint density at radius 2 is 2.00 bits per heavy atom. The molecule has 15 heavy (non-hydrogen) atoms. The third-order valence-electron chi connectivity index (χ3n) is 3.45. The predicted molar refractivity (Wildman–Crippen MR) is 53.4 cm³/mol. The van der Waals surface area contributed by atoms with Gasteiger partial charge in [-0.15, -0.1) is 0 Å². The second-order valence-corrected chi connectivity index (χ2v) is 4.55. The van der Waals surface area contributed by atoms with Crippen LogP contribution in [-0.4, -0.2) is 41.1 Å². The molecule has 2 aliphatic rings. The monoisotopic (exact) mass is 212 g/mol. The molecule has 0 radical (unpaired) electrons. The van der Waals surface area contributed by atoms with E-state index in [1.165, 1.54) is 6.42 Å². The maximum Gasteiger partial charge on any atom is 0.317 e. The van der Waals surface area contributed by atoms with E-state index in [2.05, 4.69) is 12.2 Å². The summed E-state index contributed by atoms with van der Waals surface area (Å²) in [6.45, 7) is 2.81. The Bertz CT molecular complexity index is 286. The normalized spacial score (nSPS) is 30.3. The van der Waals surface area contributed by atoms with Crippen molar-refractivity contribution >= 4 is 12.0 Å². The van der Waals surface area contributed by atoms with Crippen LogP contribution < -0.4 is 5.32 Å². The molecule has 84 valence electrons. The van der Waals surface area contributed by atoms with Gasteiger partial charge in [0.1, 0.15) is 0 Å². The maximum atomic E-state index is 11.6. The second-order valence-electron chi connectivity index (χ2n) is 4.55. The van der Waals surface area contributed by atoms with Crippen molar-refractivity contribution in [2.75, 3.05) is 13.1 Å². The Morgan fingerprint density at radius 1 is 1.33 bits per heavy atom. The van der Waals surface area contributed by atoms with Crippen molar-refractivity contribution in [1.82, 2.24) is 10.2 Å². The first-order valence-electron chi connectivity index (χ1n) is 5.36. The molecular formula is C10H16N2O3. The molecule has 0 aromatic carbocycles. The molecule has 2 N–H and O–H groups in total. The predicted octanol–water partition coefficient (Wildman–Crippen LogP) is 0.511. The number of carboxylic acids is 1. The Balaban J connectivity index is 1.72. The van der Waals surface area contributed by atoms with Gasteiger partial charge in [0.05, 0.1) is 5.92 Å². The quantitative estimate of drug-likeness (QED) is 0.700. The lowest BCUT2D eigenvalue weighted by Gasteiger charge is -2.40. The summed E-state index contributed by atoms with van der Waals surface area (Å²) in [5, 5.41) is 11.6.